The number of ether oxygens (including phenoxy) is 1. The second kappa shape index (κ2) is 8.27. The molecule has 0 saturated carbocycles. The molecule has 0 amide bonds. The third-order valence-corrected chi connectivity index (χ3v) is 4.29. The summed E-state index contributed by atoms with van der Waals surface area (Å²) in [6, 6.07) is 5.06. The quantitative estimate of drug-likeness (QED) is 0.356. The van der Waals surface area contributed by atoms with Crippen molar-refractivity contribution >= 4 is 32.8 Å². The molecule has 2 N–H and O–H groups in total. The highest BCUT2D eigenvalue weighted by molar-refractivity contribution is 9.09. The number of carbonyl (C=O) groups is 1. The fourth-order valence-electron chi connectivity index (χ4n) is 1.96. The Morgan fingerprint density at radius 3 is 2.83 bits per heavy atom. The number of nitrogens with zero attached hydrogens (tertiary/aromatic N) is 1. The summed E-state index contributed by atoms with van der Waals surface area (Å²) in [5, 5.41) is 10.3. The van der Waals surface area contributed by atoms with Gasteiger partial charge in [0.2, 0.25) is 22.4 Å². The summed E-state index contributed by atoms with van der Waals surface area (Å²) in [6.07, 6.45) is 1.84. The van der Waals surface area contributed by atoms with E-state index in [4.69, 9.17) is 9.15 Å². The molecule has 0 radical (unpaired) electrons. The molecule has 2 rings (SSSR count). The molecular weight excluding hydrogens is 404 g/mol. The van der Waals surface area contributed by atoms with Crippen molar-refractivity contribution in [3.05, 3.63) is 30.2 Å². The molecule has 1 unspecified atom stereocenters. The number of hydrogen-bond acceptors (Lipinski definition) is 7. The Hall–Kier alpha value is -1.91. The van der Waals surface area contributed by atoms with Gasteiger partial charge >= 0.3 is 5.97 Å². The van der Waals surface area contributed by atoms with Crippen molar-refractivity contribution in [2.75, 3.05) is 6.54 Å². The highest BCUT2D eigenvalue weighted by Crippen LogP contribution is 2.47. The minimum absolute atomic E-state index is 0.0640. The van der Waals surface area contributed by atoms with Crippen molar-refractivity contribution < 1.29 is 27.5 Å². The van der Waals surface area contributed by atoms with E-state index in [0.29, 0.717) is 12.1 Å². The number of pyridine rings is 1. The van der Waals surface area contributed by atoms with Crippen molar-refractivity contribution in [2.24, 2.45) is 0 Å². The number of nitrogens with one attached hydrogen (secondary N) is 1. The molecule has 0 aliphatic carbocycles. The molecular formula is C14H15BrN2O6S. The number of furan rings is 1. The Balaban J connectivity index is 2.36. The molecule has 24 heavy (non-hydrogen) atoms. The normalized spacial score (nSPS) is 12.3. The first kappa shape index (κ1) is 18.4. The second-order valence-electron chi connectivity index (χ2n) is 4.70. The highest BCUT2D eigenvalue weighted by Gasteiger charge is 2.28. The van der Waals surface area contributed by atoms with E-state index in [1.165, 1.54) is 13.1 Å². The van der Waals surface area contributed by atoms with E-state index in [-0.39, 0.29) is 29.6 Å². The number of alkyl halides is 1. The summed E-state index contributed by atoms with van der Waals surface area (Å²) in [6.45, 7) is 1.35. The Morgan fingerprint density at radius 1 is 1.50 bits per heavy atom. The van der Waals surface area contributed by atoms with Gasteiger partial charge in [-0.25, -0.2) is 13.1 Å². The van der Waals surface area contributed by atoms with E-state index in [1.807, 2.05) is 0 Å². The van der Waals surface area contributed by atoms with Crippen LogP contribution in [0.25, 0.3) is 11.5 Å². The predicted octanol–water partition coefficient (Wildman–Crippen LogP) is 1.91. The van der Waals surface area contributed by atoms with Crippen molar-refractivity contribution in [1.82, 2.24) is 9.71 Å². The average molecular weight is 419 g/mol. The molecule has 0 aliphatic heterocycles. The Morgan fingerprint density at radius 2 is 2.25 bits per heavy atom. The third kappa shape index (κ3) is 4.56. The minimum Gasteiger partial charge on any atom is -0.502 e. The number of rotatable bonds is 7. The summed E-state index contributed by atoms with van der Waals surface area (Å²) in [7, 11) is -2.70. The number of hydrogen-bond donors (Lipinski definition) is 3. The molecule has 0 aliphatic rings. The highest BCUT2D eigenvalue weighted by atomic mass is 79.9. The zero-order chi connectivity index (χ0) is 17.7. The molecule has 0 spiro atoms. The number of aromatic hydroxyl groups is 1. The minimum atomic E-state index is -2.70. The second-order valence-corrected chi connectivity index (χ2v) is 6.64. The number of thiol groups is 1. The zero-order valence-electron chi connectivity index (χ0n) is 12.6. The van der Waals surface area contributed by atoms with E-state index >= 15 is 0 Å². The van der Waals surface area contributed by atoms with Crippen LogP contribution in [-0.2, 0) is 15.7 Å². The van der Waals surface area contributed by atoms with Crippen LogP contribution in [0.2, 0.25) is 0 Å². The van der Waals surface area contributed by atoms with Crippen molar-refractivity contribution in [3.63, 3.8) is 0 Å². The summed E-state index contributed by atoms with van der Waals surface area (Å²) in [4.78, 5) is 14.9. The van der Waals surface area contributed by atoms with Gasteiger partial charge in [0.1, 0.15) is 5.69 Å². The lowest BCUT2D eigenvalue weighted by molar-refractivity contribution is -0.132. The molecule has 10 heteroatoms. The van der Waals surface area contributed by atoms with Crippen LogP contribution in [0, 0.1) is 0 Å². The van der Waals surface area contributed by atoms with Gasteiger partial charge in [0, 0.05) is 19.7 Å². The van der Waals surface area contributed by atoms with Gasteiger partial charge in [0.05, 0.1) is 4.83 Å². The smallest absolute Gasteiger partial charge is 0.308 e. The van der Waals surface area contributed by atoms with Crippen LogP contribution < -0.4 is 9.46 Å². The van der Waals surface area contributed by atoms with Gasteiger partial charge in [0.15, 0.2) is 11.5 Å². The van der Waals surface area contributed by atoms with Crippen LogP contribution in [0.1, 0.15) is 23.9 Å². The number of esters is 1. The van der Waals surface area contributed by atoms with Crippen molar-refractivity contribution in [2.45, 2.75) is 18.2 Å². The van der Waals surface area contributed by atoms with Crippen LogP contribution >= 0.6 is 15.9 Å². The fourth-order valence-corrected chi connectivity index (χ4v) is 2.80. The largest absolute Gasteiger partial charge is 0.502 e. The van der Waals surface area contributed by atoms with E-state index in [2.05, 4.69) is 25.6 Å². The van der Waals surface area contributed by atoms with Gasteiger partial charge in [-0.3, -0.25) is 9.78 Å². The van der Waals surface area contributed by atoms with Crippen LogP contribution in [0.15, 0.2) is 28.8 Å². The topological polar surface area (TPSA) is 119 Å². The number of halogens is 1. The monoisotopic (exact) mass is 418 g/mol. The summed E-state index contributed by atoms with van der Waals surface area (Å²) >= 11 is 3.34. The molecule has 0 saturated heterocycles. The van der Waals surface area contributed by atoms with Crippen molar-refractivity contribution in [3.8, 4) is 23.0 Å². The molecule has 0 fully saturated rings. The Bertz CT molecular complexity index is 782. The van der Waals surface area contributed by atoms with Crippen LogP contribution in [0.3, 0.4) is 0 Å². The van der Waals surface area contributed by atoms with Gasteiger partial charge in [0.25, 0.3) is 0 Å². The van der Waals surface area contributed by atoms with Gasteiger partial charge in [-0.1, -0.05) is 22.0 Å². The lowest BCUT2D eigenvalue weighted by Crippen LogP contribution is -2.14. The van der Waals surface area contributed by atoms with Gasteiger partial charge < -0.3 is 14.3 Å². The summed E-state index contributed by atoms with van der Waals surface area (Å²) in [5.41, 5.74) is 0.370. The Labute approximate surface area is 148 Å². The molecule has 2 aromatic heterocycles. The molecule has 2 heterocycles. The maximum absolute atomic E-state index is 11.3. The van der Waals surface area contributed by atoms with Gasteiger partial charge in [-0.2, -0.15) is 0 Å². The van der Waals surface area contributed by atoms with Crippen LogP contribution in [0.4, 0.5) is 0 Å². The van der Waals surface area contributed by atoms with Gasteiger partial charge in [-0.15, -0.1) is 0 Å². The van der Waals surface area contributed by atoms with E-state index < -0.39 is 21.7 Å². The van der Waals surface area contributed by atoms with E-state index in [0.717, 1.165) is 0 Å². The first-order chi connectivity index (χ1) is 11.4. The lowest BCUT2D eigenvalue weighted by atomic mass is 10.2. The number of aromatic nitrogens is 1. The van der Waals surface area contributed by atoms with Gasteiger partial charge in [-0.05, 0) is 18.6 Å². The molecule has 0 aromatic carbocycles. The van der Waals surface area contributed by atoms with E-state index in [9.17, 15) is 18.3 Å². The SMILES string of the molecule is CC(=O)Oc1c(C(Br)CCN[SH](=O)=O)oc(-c2ccccn2)c1O. The maximum atomic E-state index is 11.3. The molecule has 1 atom stereocenters. The first-order valence-electron chi connectivity index (χ1n) is 6.87. The van der Waals surface area contributed by atoms with Crippen LogP contribution in [-0.4, -0.2) is 31.0 Å². The summed E-state index contributed by atoms with van der Waals surface area (Å²) < 4.78 is 34.0. The maximum Gasteiger partial charge on any atom is 0.308 e. The third-order valence-electron chi connectivity index (χ3n) is 2.93. The standard InChI is InChI=1S/C14H15BrN2O6S/c1-8(18)22-14-11(19)13(10-4-2-3-6-16-10)23-12(14)9(15)5-7-17-24(20)21/h2-4,6,9,19,24H,5,7H2,1H3,(H,17,20,21). The molecule has 130 valence electrons. The molecule has 8 nitrogen and oxygen atoms in total. The predicted molar refractivity (Wildman–Crippen MR) is 89.5 cm³/mol. The summed E-state index contributed by atoms with van der Waals surface area (Å²) in [5.74, 6) is -0.844. The number of carbonyl (C=O) groups excluding carboxylic acids is 1. The molecule has 2 aromatic rings. The van der Waals surface area contributed by atoms with Crippen molar-refractivity contribution in [1.29, 1.82) is 0 Å². The lowest BCUT2D eigenvalue weighted by Gasteiger charge is -2.08. The molecule has 0 bridgehead atoms. The van der Waals surface area contributed by atoms with Crippen LogP contribution in [0.5, 0.6) is 11.5 Å². The average Bonchev–Trinajstić information content (AvgIpc) is 2.84. The fraction of sp³-hybridized carbons (Fsp3) is 0.286. The first-order valence-corrected chi connectivity index (χ1v) is 8.97. The zero-order valence-corrected chi connectivity index (χ0v) is 15.0. The van der Waals surface area contributed by atoms with E-state index in [1.54, 1.807) is 18.2 Å². The Kier molecular flexibility index (Phi) is 6.35.